The maximum absolute atomic E-state index is 13.8. The first kappa shape index (κ1) is 72.6. The van der Waals surface area contributed by atoms with E-state index in [1.54, 1.807) is 40.9 Å². The Hall–Kier alpha value is -8.45. The molecule has 494 valence electrons. The molecule has 8 heterocycles. The van der Waals surface area contributed by atoms with Gasteiger partial charge in [-0.2, -0.15) is 10.2 Å². The fraction of sp³-hybridized carbons (Fsp3) is 0.382. The molecule has 17 nitrogen and oxygen atoms in total. The number of hydrogen-bond acceptors (Lipinski definition) is 15. The van der Waals surface area contributed by atoms with Gasteiger partial charge in [0, 0.05) is 57.2 Å². The third kappa shape index (κ3) is 22.7. The third-order valence-corrected chi connectivity index (χ3v) is 16.6. The Morgan fingerprint density at radius 1 is 0.522 bits per heavy atom. The standard InChI is InChI=1S/C20H21FN4OS.C13H16FNO2.C12H14FNO2.C8H6F2O2.C8H9N3S.C5H11N.C2H6/c21-14-6-7-18(25-8-2-1-3-9-25)16(11-14)20(26)22-13-15-12-17(24-23-15)19-5-4-10-27-19;1-17-13(16)11-9-10(14)5-6-12(11)15-7-3-2-4-8-15;13-9-4-5-11(10(8-9)12(15)16)14-6-2-1-3-7-14;1-12-8(11)6-4-5(9)2-3-7(6)10;9-5-6-4-7(11-10-6)8-2-1-3-12-8;1-2-4-6-5-3-1;1-2/h4-7,10-12H,1-3,8-9,13H2,(H,22,26)(H,23,24);5-6,9H,2-4,7-8H2,1H3;4-5,8H,1-3,6-7H2,(H,15,16);2-4H,1H3;1-4H,5,9H2,(H,10,11);6H,1-5H2;1-2H3. The minimum atomic E-state index is -1.07. The Morgan fingerprint density at radius 3 is 1.32 bits per heavy atom. The fourth-order valence-electron chi connectivity index (χ4n) is 10.2. The summed E-state index contributed by atoms with van der Waals surface area (Å²) in [6, 6.07) is 27.2. The molecule has 4 saturated heterocycles. The molecular weight excluding hydrogens is 1230 g/mol. The van der Waals surface area contributed by atoms with Gasteiger partial charge in [-0.1, -0.05) is 32.4 Å². The number of esters is 2. The Labute approximate surface area is 542 Å². The van der Waals surface area contributed by atoms with E-state index in [2.05, 4.69) is 45.6 Å². The summed E-state index contributed by atoms with van der Waals surface area (Å²) in [5, 5.41) is 33.5. The number of aromatic carboxylic acids is 1. The number of benzene rings is 4. The highest BCUT2D eigenvalue weighted by Gasteiger charge is 2.23. The van der Waals surface area contributed by atoms with Gasteiger partial charge in [0.25, 0.3) is 5.91 Å². The lowest BCUT2D eigenvalue weighted by molar-refractivity contribution is 0.0588. The number of methoxy groups -OCH3 is 2. The molecule has 4 fully saturated rings. The van der Waals surface area contributed by atoms with Crippen molar-refractivity contribution < 1.29 is 55.7 Å². The number of halogens is 5. The van der Waals surface area contributed by atoms with Crippen LogP contribution in [0.3, 0.4) is 0 Å². The van der Waals surface area contributed by atoms with E-state index in [1.165, 1.54) is 93.9 Å². The number of H-pyrrole nitrogens is 2. The molecule has 24 heteroatoms. The van der Waals surface area contributed by atoms with E-state index in [0.29, 0.717) is 29.9 Å². The fourth-order valence-corrected chi connectivity index (χ4v) is 11.6. The predicted molar refractivity (Wildman–Crippen MR) is 354 cm³/mol. The van der Waals surface area contributed by atoms with Crippen LogP contribution < -0.4 is 31.1 Å². The first-order chi connectivity index (χ1) is 44.6. The summed E-state index contributed by atoms with van der Waals surface area (Å²) in [4.78, 5) is 54.7. The van der Waals surface area contributed by atoms with E-state index in [-0.39, 0.29) is 11.5 Å². The average molecular weight is 1310 g/mol. The van der Waals surface area contributed by atoms with Crippen molar-refractivity contribution in [3.63, 3.8) is 0 Å². The van der Waals surface area contributed by atoms with E-state index in [0.717, 1.165) is 148 Å². The number of rotatable bonds is 12. The molecular formula is C68H83F5N10O7S2. The molecule has 1 amide bonds. The normalized spacial score (nSPS) is 14.2. The Bertz CT molecular complexity index is 3500. The third-order valence-electron chi connectivity index (χ3n) is 14.9. The zero-order valence-electron chi connectivity index (χ0n) is 52.5. The molecule has 4 aliphatic heterocycles. The van der Waals surface area contributed by atoms with Crippen LogP contribution in [-0.4, -0.2) is 116 Å². The highest BCUT2D eigenvalue weighted by atomic mass is 32.1. The van der Waals surface area contributed by atoms with Gasteiger partial charge in [0.2, 0.25) is 0 Å². The highest BCUT2D eigenvalue weighted by Crippen LogP contribution is 2.30. The SMILES string of the molecule is C1CCNCC1.CC.COC(=O)c1cc(F)ccc1F.COC(=O)c1cc(F)ccc1N1CCCCC1.NCc1cc(-c2cccs2)n[nH]1.O=C(NCc1cc(-c2cccs2)n[nH]1)c1cc(F)ccc1N1CCCCC1.O=C(O)c1cc(F)ccc1N1CCCCC1. The van der Waals surface area contributed by atoms with Gasteiger partial charge in [0.15, 0.2) is 0 Å². The van der Waals surface area contributed by atoms with Crippen LogP contribution in [0.1, 0.15) is 144 Å². The lowest BCUT2D eigenvalue weighted by Gasteiger charge is -2.30. The number of carbonyl (C=O) groups is 4. The minimum absolute atomic E-state index is 0.0573. The molecule has 0 unspecified atom stereocenters. The van der Waals surface area contributed by atoms with Crippen LogP contribution in [0.15, 0.2) is 120 Å². The molecule has 0 spiro atoms. The maximum Gasteiger partial charge on any atom is 0.340 e. The second-order valence-corrected chi connectivity index (χ2v) is 23.1. The lowest BCUT2D eigenvalue weighted by atomic mass is 10.1. The number of ether oxygens (including phenoxy) is 2. The van der Waals surface area contributed by atoms with Crippen LogP contribution in [0, 0.1) is 29.1 Å². The summed E-state index contributed by atoms with van der Waals surface area (Å²) in [5.41, 5.74) is 11.6. The van der Waals surface area contributed by atoms with Crippen molar-refractivity contribution >= 4 is 63.6 Å². The largest absolute Gasteiger partial charge is 0.478 e. The van der Waals surface area contributed by atoms with Crippen LogP contribution in [-0.2, 0) is 22.6 Å². The van der Waals surface area contributed by atoms with Crippen molar-refractivity contribution in [1.82, 2.24) is 31.0 Å². The second-order valence-electron chi connectivity index (χ2n) is 21.2. The number of thiophene rings is 2. The van der Waals surface area contributed by atoms with Crippen molar-refractivity contribution in [3.8, 4) is 21.1 Å². The second kappa shape index (κ2) is 39.1. The summed E-state index contributed by atoms with van der Waals surface area (Å²) in [6.07, 6.45) is 14.4. The number of amides is 1. The molecule has 0 radical (unpaired) electrons. The van der Waals surface area contributed by atoms with E-state index < -0.39 is 52.6 Å². The van der Waals surface area contributed by atoms with E-state index in [1.807, 2.05) is 65.9 Å². The number of nitrogens with zero attached hydrogens (tertiary/aromatic N) is 5. The number of nitrogens with one attached hydrogen (secondary N) is 4. The van der Waals surface area contributed by atoms with Crippen LogP contribution >= 0.6 is 22.7 Å². The monoisotopic (exact) mass is 1310 g/mol. The van der Waals surface area contributed by atoms with Crippen molar-refractivity contribution in [2.45, 2.75) is 104 Å². The average Bonchev–Trinajstić information content (AvgIpc) is 1.60. The molecule has 0 saturated carbocycles. The van der Waals surface area contributed by atoms with Gasteiger partial charge < -0.3 is 45.6 Å². The Kier molecular flexibility index (Phi) is 30.8. The Balaban J connectivity index is 0.000000183. The predicted octanol–water partition coefficient (Wildman–Crippen LogP) is 14.4. The molecule has 7 N–H and O–H groups in total. The number of anilines is 3. The summed E-state index contributed by atoms with van der Waals surface area (Å²) in [5.74, 6) is -5.48. The van der Waals surface area contributed by atoms with Crippen LogP contribution in [0.4, 0.5) is 39.0 Å². The van der Waals surface area contributed by atoms with Gasteiger partial charge in [-0.3, -0.25) is 15.0 Å². The first-order valence-corrected chi connectivity index (χ1v) is 32.8. The van der Waals surface area contributed by atoms with Crippen molar-refractivity contribution in [1.29, 1.82) is 0 Å². The molecule has 0 atom stereocenters. The van der Waals surface area contributed by atoms with E-state index in [4.69, 9.17) is 15.6 Å². The van der Waals surface area contributed by atoms with Crippen LogP contribution in [0.2, 0.25) is 0 Å². The number of nitrogens with two attached hydrogens (primary N) is 1. The van der Waals surface area contributed by atoms with Crippen LogP contribution in [0.25, 0.3) is 21.1 Å². The smallest absolute Gasteiger partial charge is 0.340 e. The molecule has 12 rings (SSSR count). The molecule has 0 bridgehead atoms. The molecule has 92 heavy (non-hydrogen) atoms. The number of aromatic nitrogens is 4. The van der Waals surface area contributed by atoms with Gasteiger partial charge in [0.05, 0.1) is 69.8 Å². The summed E-state index contributed by atoms with van der Waals surface area (Å²) in [6.45, 7) is 12.7. The number of carboxylic acids is 1. The summed E-state index contributed by atoms with van der Waals surface area (Å²) < 4.78 is 74.1. The molecule has 8 aromatic rings. The van der Waals surface area contributed by atoms with Gasteiger partial charge in [-0.05, 0) is 192 Å². The number of carbonyl (C=O) groups excluding carboxylic acids is 3. The zero-order chi connectivity index (χ0) is 66.2. The van der Waals surface area contributed by atoms with E-state index >= 15 is 0 Å². The van der Waals surface area contributed by atoms with Gasteiger partial charge in [-0.15, -0.1) is 22.7 Å². The number of piperidine rings is 4. The summed E-state index contributed by atoms with van der Waals surface area (Å²) >= 11 is 3.29. The molecule has 4 aromatic carbocycles. The number of aromatic amines is 2. The molecule has 4 aromatic heterocycles. The maximum atomic E-state index is 13.8. The van der Waals surface area contributed by atoms with Gasteiger partial charge >= 0.3 is 17.9 Å². The van der Waals surface area contributed by atoms with Gasteiger partial charge in [-0.25, -0.2) is 36.3 Å². The first-order valence-electron chi connectivity index (χ1n) is 31.0. The minimum Gasteiger partial charge on any atom is -0.478 e. The number of carboxylic acid groups (broad SMARTS) is 1. The lowest BCUT2D eigenvalue weighted by Crippen LogP contribution is -2.32. The number of hydrogen-bond donors (Lipinski definition) is 6. The quantitative estimate of drug-likeness (QED) is 0.0495. The molecule has 0 aliphatic carbocycles. The van der Waals surface area contributed by atoms with E-state index in [9.17, 15) is 41.1 Å². The summed E-state index contributed by atoms with van der Waals surface area (Å²) in [7, 11) is 2.42. The van der Waals surface area contributed by atoms with Crippen LogP contribution in [0.5, 0.6) is 0 Å². The highest BCUT2D eigenvalue weighted by molar-refractivity contribution is 7.13. The van der Waals surface area contributed by atoms with Gasteiger partial charge in [0.1, 0.15) is 40.5 Å². The Morgan fingerprint density at radius 2 is 0.913 bits per heavy atom. The topological polar surface area (TPSA) is 224 Å². The zero-order valence-corrected chi connectivity index (χ0v) is 54.2. The molecule has 4 aliphatic rings. The van der Waals surface area contributed by atoms with Crippen molar-refractivity contribution in [2.75, 3.05) is 81.3 Å². The van der Waals surface area contributed by atoms with Crippen molar-refractivity contribution in [2.24, 2.45) is 5.73 Å². The van der Waals surface area contributed by atoms with Crippen molar-refractivity contribution in [3.05, 3.63) is 183 Å².